The van der Waals surface area contributed by atoms with Crippen LogP contribution in [0.1, 0.15) is 52.0 Å². The van der Waals surface area contributed by atoms with Crippen LogP contribution in [-0.4, -0.2) is 57.1 Å². The maximum Gasteiger partial charge on any atom is 0.243 e. The van der Waals surface area contributed by atoms with Crippen LogP contribution in [-0.2, 0) is 26.2 Å². The molecular weight excluding hydrogens is 516 g/mol. The first-order chi connectivity index (χ1) is 17.9. The summed E-state index contributed by atoms with van der Waals surface area (Å²) in [6.07, 6.45) is 2.12. The summed E-state index contributed by atoms with van der Waals surface area (Å²) in [5.74, 6) is -2.19. The third-order valence-corrected chi connectivity index (χ3v) is 7.44. The molecule has 210 valence electrons. The lowest BCUT2D eigenvalue weighted by Crippen LogP contribution is -2.50. The molecule has 11 heteroatoms. The SMILES string of the molecule is CC[C@@H](C)NC(=O)[C@@H](CC)N(Cc1ccc(OC)cc1)C(=O)CCCN(c1ccc(F)c(F)c1)S(C)(=O)=O. The third kappa shape index (κ3) is 8.68. The number of methoxy groups -OCH3 is 1. The fourth-order valence-corrected chi connectivity index (χ4v) is 4.89. The van der Waals surface area contributed by atoms with Crippen LogP contribution in [0.5, 0.6) is 5.75 Å². The number of halogens is 2. The molecule has 0 fully saturated rings. The van der Waals surface area contributed by atoms with Gasteiger partial charge in [-0.25, -0.2) is 17.2 Å². The Labute approximate surface area is 224 Å². The second-order valence-corrected chi connectivity index (χ2v) is 11.1. The van der Waals surface area contributed by atoms with E-state index in [0.29, 0.717) is 12.2 Å². The van der Waals surface area contributed by atoms with E-state index >= 15 is 0 Å². The van der Waals surface area contributed by atoms with Crippen LogP contribution in [0.4, 0.5) is 14.5 Å². The number of ether oxygens (including phenoxy) is 1. The monoisotopic (exact) mass is 553 g/mol. The molecule has 0 aliphatic heterocycles. The van der Waals surface area contributed by atoms with Gasteiger partial charge in [-0.15, -0.1) is 0 Å². The highest BCUT2D eigenvalue weighted by Gasteiger charge is 2.29. The van der Waals surface area contributed by atoms with Crippen LogP contribution < -0.4 is 14.4 Å². The minimum atomic E-state index is -3.83. The average molecular weight is 554 g/mol. The summed E-state index contributed by atoms with van der Waals surface area (Å²) >= 11 is 0. The fourth-order valence-electron chi connectivity index (χ4n) is 3.93. The van der Waals surface area contributed by atoms with Gasteiger partial charge in [0.1, 0.15) is 11.8 Å². The number of nitrogens with one attached hydrogen (secondary N) is 1. The Morgan fingerprint density at radius 3 is 2.21 bits per heavy atom. The minimum Gasteiger partial charge on any atom is -0.497 e. The molecule has 2 aromatic rings. The van der Waals surface area contributed by atoms with E-state index < -0.39 is 27.7 Å². The van der Waals surface area contributed by atoms with Crippen molar-refractivity contribution in [3.05, 3.63) is 59.7 Å². The number of carbonyl (C=O) groups is 2. The molecule has 0 aromatic heterocycles. The van der Waals surface area contributed by atoms with E-state index in [2.05, 4.69) is 5.32 Å². The molecule has 0 radical (unpaired) electrons. The smallest absolute Gasteiger partial charge is 0.243 e. The van der Waals surface area contributed by atoms with Gasteiger partial charge in [0.15, 0.2) is 11.6 Å². The predicted octanol–water partition coefficient (Wildman–Crippen LogP) is 4.24. The lowest BCUT2D eigenvalue weighted by molar-refractivity contribution is -0.141. The molecule has 0 spiro atoms. The van der Waals surface area contributed by atoms with Crippen molar-refractivity contribution in [2.75, 3.05) is 24.2 Å². The Hall–Kier alpha value is -3.21. The van der Waals surface area contributed by atoms with Gasteiger partial charge >= 0.3 is 0 Å². The van der Waals surface area contributed by atoms with Crippen LogP contribution in [0.2, 0.25) is 0 Å². The Balaban J connectivity index is 2.24. The van der Waals surface area contributed by atoms with Crippen molar-refractivity contribution in [3.8, 4) is 5.75 Å². The number of sulfonamides is 1. The van der Waals surface area contributed by atoms with Crippen molar-refractivity contribution in [2.24, 2.45) is 0 Å². The van der Waals surface area contributed by atoms with Gasteiger partial charge in [-0.2, -0.15) is 0 Å². The molecule has 0 saturated carbocycles. The molecule has 8 nitrogen and oxygen atoms in total. The molecule has 0 aliphatic carbocycles. The third-order valence-electron chi connectivity index (χ3n) is 6.24. The van der Waals surface area contributed by atoms with E-state index in [1.807, 2.05) is 32.9 Å². The van der Waals surface area contributed by atoms with Crippen molar-refractivity contribution < 1.29 is 31.5 Å². The van der Waals surface area contributed by atoms with Gasteiger partial charge in [-0.3, -0.25) is 13.9 Å². The predicted molar refractivity (Wildman–Crippen MR) is 143 cm³/mol. The Kier molecular flexibility index (Phi) is 11.5. The number of nitrogens with zero attached hydrogens (tertiary/aromatic N) is 2. The van der Waals surface area contributed by atoms with Gasteiger partial charge in [0, 0.05) is 31.6 Å². The van der Waals surface area contributed by atoms with Crippen LogP contribution in [0.15, 0.2) is 42.5 Å². The quantitative estimate of drug-likeness (QED) is 0.378. The van der Waals surface area contributed by atoms with Gasteiger partial charge in [-0.05, 0) is 56.0 Å². The number of amides is 2. The zero-order valence-corrected chi connectivity index (χ0v) is 23.4. The Morgan fingerprint density at radius 1 is 1.03 bits per heavy atom. The lowest BCUT2D eigenvalue weighted by Gasteiger charge is -2.32. The molecule has 38 heavy (non-hydrogen) atoms. The van der Waals surface area contributed by atoms with Gasteiger partial charge in [0.2, 0.25) is 21.8 Å². The van der Waals surface area contributed by atoms with Gasteiger partial charge in [-0.1, -0.05) is 26.0 Å². The van der Waals surface area contributed by atoms with Crippen molar-refractivity contribution in [1.82, 2.24) is 10.2 Å². The van der Waals surface area contributed by atoms with E-state index in [1.54, 1.807) is 19.2 Å². The first-order valence-corrected chi connectivity index (χ1v) is 14.4. The normalized spacial score (nSPS) is 12.9. The maximum atomic E-state index is 13.8. The molecule has 0 unspecified atom stereocenters. The minimum absolute atomic E-state index is 0.0340. The van der Waals surface area contributed by atoms with Crippen molar-refractivity contribution in [2.45, 2.75) is 65.1 Å². The second kappa shape index (κ2) is 14.1. The number of rotatable bonds is 14. The summed E-state index contributed by atoms with van der Waals surface area (Å²) in [7, 11) is -2.28. The zero-order valence-electron chi connectivity index (χ0n) is 22.5. The van der Waals surface area contributed by atoms with Crippen LogP contribution in [0.25, 0.3) is 0 Å². The standard InChI is InChI=1S/C27H37F2N3O5S/c1-6-19(3)30-27(34)25(7-2)31(18-20-10-13-22(37-4)14-11-20)26(33)9-8-16-32(38(5,35)36)21-12-15-23(28)24(29)17-21/h10-15,17,19,25H,6-9,16,18H2,1-5H3,(H,30,34)/t19-,25-/m1/s1. The molecule has 2 aromatic carbocycles. The van der Waals surface area contributed by atoms with E-state index in [-0.39, 0.29) is 49.5 Å². The van der Waals surface area contributed by atoms with E-state index in [4.69, 9.17) is 4.74 Å². The molecule has 0 aliphatic rings. The van der Waals surface area contributed by atoms with E-state index in [1.165, 1.54) is 11.0 Å². The highest BCUT2D eigenvalue weighted by atomic mass is 32.2. The Morgan fingerprint density at radius 2 is 1.68 bits per heavy atom. The summed E-state index contributed by atoms with van der Waals surface area (Å²) in [6, 6.07) is 9.20. The van der Waals surface area contributed by atoms with Crippen LogP contribution >= 0.6 is 0 Å². The van der Waals surface area contributed by atoms with E-state index in [0.717, 1.165) is 34.7 Å². The summed E-state index contributed by atoms with van der Waals surface area (Å²) in [5, 5.41) is 2.94. The summed E-state index contributed by atoms with van der Waals surface area (Å²) < 4.78 is 58.0. The number of hydrogen-bond donors (Lipinski definition) is 1. The molecule has 0 heterocycles. The molecule has 2 rings (SSSR count). The largest absolute Gasteiger partial charge is 0.497 e. The molecule has 0 bridgehead atoms. The topological polar surface area (TPSA) is 96.0 Å². The van der Waals surface area contributed by atoms with Crippen molar-refractivity contribution in [1.29, 1.82) is 0 Å². The molecule has 2 atom stereocenters. The highest BCUT2D eigenvalue weighted by molar-refractivity contribution is 7.92. The van der Waals surface area contributed by atoms with Crippen LogP contribution in [0, 0.1) is 11.6 Å². The van der Waals surface area contributed by atoms with Gasteiger partial charge in [0.05, 0.1) is 19.1 Å². The van der Waals surface area contributed by atoms with Crippen molar-refractivity contribution >= 4 is 27.5 Å². The Bertz CT molecular complexity index is 1190. The number of benzene rings is 2. The maximum absolute atomic E-state index is 13.8. The van der Waals surface area contributed by atoms with Gasteiger partial charge in [0.25, 0.3) is 0 Å². The summed E-state index contributed by atoms with van der Waals surface area (Å²) in [4.78, 5) is 28.0. The molecule has 0 saturated heterocycles. The second-order valence-electron chi connectivity index (χ2n) is 9.15. The van der Waals surface area contributed by atoms with Crippen molar-refractivity contribution in [3.63, 3.8) is 0 Å². The fraction of sp³-hybridized carbons (Fsp3) is 0.481. The number of hydrogen-bond acceptors (Lipinski definition) is 5. The summed E-state index contributed by atoms with van der Waals surface area (Å²) in [6.45, 7) is 5.71. The number of anilines is 1. The lowest BCUT2D eigenvalue weighted by atomic mass is 10.1. The molecular formula is C27H37F2N3O5S. The molecule has 2 amide bonds. The zero-order chi connectivity index (χ0) is 28.5. The van der Waals surface area contributed by atoms with Gasteiger partial charge < -0.3 is 15.0 Å². The number of carbonyl (C=O) groups excluding carboxylic acids is 2. The first kappa shape index (κ1) is 31.0. The first-order valence-electron chi connectivity index (χ1n) is 12.6. The highest BCUT2D eigenvalue weighted by Crippen LogP contribution is 2.22. The average Bonchev–Trinajstić information content (AvgIpc) is 2.87. The van der Waals surface area contributed by atoms with Crippen LogP contribution in [0.3, 0.4) is 0 Å². The summed E-state index contributed by atoms with van der Waals surface area (Å²) in [5.41, 5.74) is 0.766. The van der Waals surface area contributed by atoms with E-state index in [9.17, 15) is 26.8 Å². The molecule has 1 N–H and O–H groups in total.